The van der Waals surface area contributed by atoms with Crippen molar-refractivity contribution in [1.29, 1.82) is 0 Å². The van der Waals surface area contributed by atoms with E-state index in [-0.39, 0.29) is 6.10 Å². The molecule has 0 amide bonds. The predicted octanol–water partition coefficient (Wildman–Crippen LogP) is 5.98. The van der Waals surface area contributed by atoms with Crippen molar-refractivity contribution in [3.05, 3.63) is 51.8 Å². The van der Waals surface area contributed by atoms with Crippen LogP contribution in [0.4, 0.5) is 0 Å². The molecule has 1 unspecified atom stereocenters. The Hall–Kier alpha value is -2.70. The topological polar surface area (TPSA) is 73.6 Å². The molecule has 0 saturated carbocycles. The summed E-state index contributed by atoms with van der Waals surface area (Å²) in [5, 5.41) is 11.3. The second-order valence-electron chi connectivity index (χ2n) is 10.5. The number of aliphatic carboxylic acids is 1. The molecule has 1 saturated heterocycles. The zero-order valence-corrected chi connectivity index (χ0v) is 21.6. The van der Waals surface area contributed by atoms with Gasteiger partial charge in [0.1, 0.15) is 5.65 Å². The van der Waals surface area contributed by atoms with Gasteiger partial charge < -0.3 is 19.1 Å². The molecule has 0 spiro atoms. The molecule has 1 aromatic carbocycles. The number of carboxylic acids is 1. The number of ether oxygens (including phenoxy) is 2. The average Bonchev–Trinajstić information content (AvgIpc) is 2.93. The summed E-state index contributed by atoms with van der Waals surface area (Å²) in [6.07, 6.45) is 0.0998. The molecule has 1 aliphatic heterocycles. The number of hydrogen-bond acceptors (Lipinski definition) is 4. The number of carbonyl (C=O) groups is 1. The molecule has 0 aliphatic carbocycles. The Morgan fingerprint density at radius 3 is 2.41 bits per heavy atom. The monoisotopic (exact) mass is 464 g/mol. The van der Waals surface area contributed by atoms with Gasteiger partial charge in [0, 0.05) is 34.5 Å². The maximum absolute atomic E-state index is 12.5. The van der Waals surface area contributed by atoms with Crippen molar-refractivity contribution in [3.8, 4) is 11.1 Å². The van der Waals surface area contributed by atoms with Gasteiger partial charge in [-0.05, 0) is 84.1 Å². The fourth-order valence-corrected chi connectivity index (χ4v) is 4.75. The Balaban J connectivity index is 2.08. The second kappa shape index (κ2) is 8.82. The molecule has 6 nitrogen and oxygen atoms in total. The van der Waals surface area contributed by atoms with Gasteiger partial charge in [0.15, 0.2) is 6.10 Å². The molecular weight excluding hydrogens is 428 g/mol. The molecule has 6 heteroatoms. The molecule has 1 N–H and O–H groups in total. The predicted molar refractivity (Wildman–Crippen MR) is 134 cm³/mol. The van der Waals surface area contributed by atoms with Crippen LogP contribution in [-0.2, 0) is 20.8 Å². The van der Waals surface area contributed by atoms with E-state index in [1.165, 1.54) is 5.56 Å². The average molecular weight is 465 g/mol. The minimum atomic E-state index is -1.13. The van der Waals surface area contributed by atoms with E-state index >= 15 is 0 Å². The number of nitrogens with zero attached hydrogens (tertiary/aromatic N) is 2. The number of hydrogen-bond donors (Lipinski definition) is 1. The highest BCUT2D eigenvalue weighted by Gasteiger charge is 2.34. The zero-order valence-electron chi connectivity index (χ0n) is 21.6. The first kappa shape index (κ1) is 24.4. The molecule has 2 aromatic heterocycles. The molecule has 1 fully saturated rings. The molecule has 1 aliphatic rings. The Labute approximate surface area is 201 Å². The van der Waals surface area contributed by atoms with Gasteiger partial charge in [0.05, 0.1) is 18.2 Å². The van der Waals surface area contributed by atoms with Crippen molar-refractivity contribution in [2.45, 2.75) is 86.2 Å². The largest absolute Gasteiger partial charge is 0.479 e. The zero-order chi connectivity index (χ0) is 24.9. The Kier molecular flexibility index (Phi) is 6.34. The highest BCUT2D eigenvalue weighted by molar-refractivity contribution is 6.00. The molecule has 182 valence electrons. The fourth-order valence-electron chi connectivity index (χ4n) is 4.75. The van der Waals surface area contributed by atoms with Gasteiger partial charge in [-0.15, -0.1) is 0 Å². The van der Waals surface area contributed by atoms with Crippen LogP contribution in [0.1, 0.15) is 66.9 Å². The van der Waals surface area contributed by atoms with E-state index in [2.05, 4.69) is 50.5 Å². The summed E-state index contributed by atoms with van der Waals surface area (Å²) in [6, 6.07) is 6.32. The third kappa shape index (κ3) is 4.37. The standard InChI is InChI=1S/C28H36N2O4/c1-15-9-10-20(13-16(15)2)24-22-17(3)19(5)30(14-21-11-12-33-21)26(22)29-18(4)23(24)25(27(31)32)34-28(6,7)8/h9-10,13,21,25H,11-12,14H2,1-8H3,(H,31,32)/t21?,25-/m0/s1. The van der Waals surface area contributed by atoms with E-state index < -0.39 is 17.7 Å². The van der Waals surface area contributed by atoms with Crippen molar-refractivity contribution >= 4 is 17.0 Å². The van der Waals surface area contributed by atoms with Crippen LogP contribution in [0.15, 0.2) is 18.2 Å². The minimum absolute atomic E-state index is 0.191. The van der Waals surface area contributed by atoms with Crippen molar-refractivity contribution in [2.24, 2.45) is 0 Å². The number of aryl methyl sites for hydroxylation is 4. The van der Waals surface area contributed by atoms with Crippen LogP contribution in [0.25, 0.3) is 22.2 Å². The normalized spacial score (nSPS) is 17.1. The first-order valence-electron chi connectivity index (χ1n) is 12.0. The van der Waals surface area contributed by atoms with Gasteiger partial charge in [0.2, 0.25) is 0 Å². The van der Waals surface area contributed by atoms with Crippen LogP contribution < -0.4 is 0 Å². The Bertz CT molecular complexity index is 1260. The number of rotatable bonds is 6. The maximum atomic E-state index is 12.5. The lowest BCUT2D eigenvalue weighted by Crippen LogP contribution is -2.31. The van der Waals surface area contributed by atoms with E-state index in [9.17, 15) is 9.90 Å². The number of fused-ring (bicyclic) bond motifs is 1. The summed E-state index contributed by atoms with van der Waals surface area (Å²) >= 11 is 0. The smallest absolute Gasteiger partial charge is 0.337 e. The lowest BCUT2D eigenvalue weighted by Gasteiger charge is -2.29. The van der Waals surface area contributed by atoms with Crippen LogP contribution in [-0.4, -0.2) is 38.9 Å². The van der Waals surface area contributed by atoms with Gasteiger partial charge in [-0.1, -0.05) is 18.2 Å². The minimum Gasteiger partial charge on any atom is -0.479 e. The van der Waals surface area contributed by atoms with Crippen molar-refractivity contribution in [3.63, 3.8) is 0 Å². The van der Waals surface area contributed by atoms with Gasteiger partial charge in [-0.25, -0.2) is 9.78 Å². The SMILES string of the molecule is Cc1ccc(-c2c([C@H](OC(C)(C)C)C(=O)O)c(C)nc3c2c(C)c(C)n3CC2CCO2)cc1C. The Morgan fingerprint density at radius 2 is 1.88 bits per heavy atom. The number of benzene rings is 1. The molecule has 34 heavy (non-hydrogen) atoms. The first-order valence-corrected chi connectivity index (χ1v) is 12.0. The second-order valence-corrected chi connectivity index (χ2v) is 10.5. The van der Waals surface area contributed by atoms with E-state index in [0.29, 0.717) is 11.3 Å². The van der Waals surface area contributed by atoms with Crippen molar-refractivity contribution in [1.82, 2.24) is 9.55 Å². The summed E-state index contributed by atoms with van der Waals surface area (Å²) < 4.78 is 14.1. The van der Waals surface area contributed by atoms with Gasteiger partial charge in [-0.3, -0.25) is 0 Å². The number of carboxylic acid groups (broad SMARTS) is 1. The first-order chi connectivity index (χ1) is 15.9. The highest BCUT2D eigenvalue weighted by atomic mass is 16.5. The van der Waals surface area contributed by atoms with Crippen LogP contribution in [0.5, 0.6) is 0 Å². The third-order valence-electron chi connectivity index (χ3n) is 6.92. The van der Waals surface area contributed by atoms with Crippen molar-refractivity contribution in [2.75, 3.05) is 6.61 Å². The van der Waals surface area contributed by atoms with Crippen LogP contribution >= 0.6 is 0 Å². The van der Waals surface area contributed by atoms with E-state index in [4.69, 9.17) is 14.5 Å². The molecule has 4 rings (SSSR count). The Morgan fingerprint density at radius 1 is 1.21 bits per heavy atom. The van der Waals surface area contributed by atoms with Crippen LogP contribution in [0.2, 0.25) is 0 Å². The lowest BCUT2D eigenvalue weighted by molar-refractivity contribution is -0.160. The molecular formula is C28H36N2O4. The van der Waals surface area contributed by atoms with E-state index in [1.54, 1.807) is 0 Å². The number of aromatic nitrogens is 2. The molecule has 0 bridgehead atoms. The number of pyridine rings is 1. The quantitative estimate of drug-likeness (QED) is 0.486. The highest BCUT2D eigenvalue weighted by Crippen LogP contribution is 2.42. The summed E-state index contributed by atoms with van der Waals surface area (Å²) in [5.41, 5.74) is 8.01. The van der Waals surface area contributed by atoms with Gasteiger partial charge >= 0.3 is 5.97 Å². The van der Waals surface area contributed by atoms with Crippen LogP contribution in [0, 0.1) is 34.6 Å². The molecule has 3 heterocycles. The summed E-state index contributed by atoms with van der Waals surface area (Å²) in [7, 11) is 0. The molecule has 0 radical (unpaired) electrons. The van der Waals surface area contributed by atoms with E-state index in [0.717, 1.165) is 58.6 Å². The lowest BCUT2D eigenvalue weighted by atomic mass is 9.89. The summed E-state index contributed by atoms with van der Waals surface area (Å²) in [6.45, 7) is 17.5. The van der Waals surface area contributed by atoms with E-state index in [1.807, 2.05) is 27.7 Å². The van der Waals surface area contributed by atoms with Gasteiger partial charge in [-0.2, -0.15) is 0 Å². The molecule has 2 atom stereocenters. The maximum Gasteiger partial charge on any atom is 0.337 e. The third-order valence-corrected chi connectivity index (χ3v) is 6.92. The summed E-state index contributed by atoms with van der Waals surface area (Å²) in [5.74, 6) is -1.01. The molecule has 3 aromatic rings. The van der Waals surface area contributed by atoms with Crippen molar-refractivity contribution < 1.29 is 19.4 Å². The fraction of sp³-hybridized carbons (Fsp3) is 0.500. The summed E-state index contributed by atoms with van der Waals surface area (Å²) in [4.78, 5) is 17.5. The van der Waals surface area contributed by atoms with Crippen LogP contribution in [0.3, 0.4) is 0 Å². The van der Waals surface area contributed by atoms with Gasteiger partial charge in [0.25, 0.3) is 0 Å².